The first kappa shape index (κ1) is 19.8. The van der Waals surface area contributed by atoms with Gasteiger partial charge in [-0.25, -0.2) is 13.6 Å². The topological polar surface area (TPSA) is 80.5 Å². The van der Waals surface area contributed by atoms with Crippen molar-refractivity contribution in [1.82, 2.24) is 15.0 Å². The molecule has 1 N–H and O–H groups in total. The number of nitrogens with zero attached hydrogens (tertiary/aromatic N) is 3. The number of urea groups is 1. The van der Waals surface area contributed by atoms with Gasteiger partial charge in [-0.15, -0.1) is 0 Å². The zero-order chi connectivity index (χ0) is 21.1. The predicted octanol–water partition coefficient (Wildman–Crippen LogP) is 4.78. The number of ether oxygens (including phenoxy) is 1. The molecule has 0 aliphatic carbocycles. The van der Waals surface area contributed by atoms with E-state index >= 15 is 0 Å². The second-order valence-corrected chi connectivity index (χ2v) is 6.94. The number of likely N-dealkylation sites (tertiary alicyclic amines) is 1. The van der Waals surface area contributed by atoms with Crippen molar-refractivity contribution in [2.45, 2.75) is 25.3 Å². The summed E-state index contributed by atoms with van der Waals surface area (Å²) >= 11 is 0. The van der Waals surface area contributed by atoms with E-state index in [1.807, 2.05) is 12.1 Å². The van der Waals surface area contributed by atoms with Crippen LogP contribution in [0.15, 0.2) is 47.0 Å². The summed E-state index contributed by atoms with van der Waals surface area (Å²) in [7, 11) is 1.59. The van der Waals surface area contributed by atoms with Gasteiger partial charge in [-0.3, -0.25) is 0 Å². The minimum Gasteiger partial charge on any atom is -0.497 e. The van der Waals surface area contributed by atoms with Gasteiger partial charge >= 0.3 is 6.03 Å². The van der Waals surface area contributed by atoms with Gasteiger partial charge in [0, 0.05) is 18.2 Å². The summed E-state index contributed by atoms with van der Waals surface area (Å²) in [4.78, 5) is 18.8. The third kappa shape index (κ3) is 4.10. The molecule has 7 nitrogen and oxygen atoms in total. The molecule has 1 fully saturated rings. The Morgan fingerprint density at radius 3 is 2.73 bits per heavy atom. The zero-order valence-corrected chi connectivity index (χ0v) is 16.3. The quantitative estimate of drug-likeness (QED) is 0.664. The Labute approximate surface area is 171 Å². The lowest BCUT2D eigenvalue weighted by molar-refractivity contribution is 0.142. The van der Waals surface area contributed by atoms with Crippen LogP contribution in [0, 0.1) is 11.6 Å². The summed E-state index contributed by atoms with van der Waals surface area (Å²) in [5, 5.41) is 6.53. The van der Waals surface area contributed by atoms with E-state index in [0.717, 1.165) is 30.5 Å². The Morgan fingerprint density at radius 1 is 1.20 bits per heavy atom. The van der Waals surface area contributed by atoms with Gasteiger partial charge in [-0.1, -0.05) is 5.16 Å². The Hall–Kier alpha value is -3.49. The highest BCUT2D eigenvalue weighted by molar-refractivity contribution is 5.89. The van der Waals surface area contributed by atoms with Crippen LogP contribution in [0.4, 0.5) is 19.3 Å². The van der Waals surface area contributed by atoms with Crippen LogP contribution in [0.2, 0.25) is 0 Å². The van der Waals surface area contributed by atoms with Crippen LogP contribution in [-0.4, -0.2) is 34.7 Å². The highest BCUT2D eigenvalue weighted by Crippen LogP contribution is 2.32. The lowest BCUT2D eigenvalue weighted by Gasteiger charge is -2.33. The van der Waals surface area contributed by atoms with Gasteiger partial charge in [0.25, 0.3) is 0 Å². The second kappa shape index (κ2) is 8.48. The molecule has 0 radical (unpaired) electrons. The number of piperidine rings is 1. The molecule has 2 amide bonds. The van der Waals surface area contributed by atoms with Crippen molar-refractivity contribution >= 4 is 11.7 Å². The Morgan fingerprint density at radius 2 is 2.00 bits per heavy atom. The first-order valence-electron chi connectivity index (χ1n) is 9.56. The smallest absolute Gasteiger partial charge is 0.322 e. The van der Waals surface area contributed by atoms with Crippen molar-refractivity contribution in [3.63, 3.8) is 0 Å². The third-order valence-electron chi connectivity index (χ3n) is 5.01. The molecular weight excluding hydrogens is 394 g/mol. The van der Waals surface area contributed by atoms with Crippen LogP contribution < -0.4 is 10.1 Å². The molecule has 1 aromatic heterocycles. The molecule has 1 atom stereocenters. The number of halogens is 2. The van der Waals surface area contributed by atoms with Gasteiger partial charge in [0.2, 0.25) is 11.7 Å². The van der Waals surface area contributed by atoms with E-state index < -0.39 is 23.7 Å². The standard InChI is InChI=1S/C21H20F2N4O3/c1-29-15-8-5-13(6-9-15)19-25-20(30-26-19)18-4-2-3-11-27(18)21(28)24-17-10-7-14(22)12-16(17)23/h5-10,12,18H,2-4,11H2,1H3,(H,24,28). The maximum Gasteiger partial charge on any atom is 0.322 e. The van der Waals surface area contributed by atoms with Gasteiger partial charge in [0.15, 0.2) is 0 Å². The lowest BCUT2D eigenvalue weighted by atomic mass is 10.0. The van der Waals surface area contributed by atoms with Crippen molar-refractivity contribution in [3.05, 3.63) is 60.0 Å². The summed E-state index contributed by atoms with van der Waals surface area (Å²) < 4.78 is 37.6. The fourth-order valence-electron chi connectivity index (χ4n) is 3.44. The Balaban J connectivity index is 1.53. The van der Waals surface area contributed by atoms with Crippen molar-refractivity contribution in [2.24, 2.45) is 0 Å². The van der Waals surface area contributed by atoms with E-state index in [1.54, 1.807) is 19.2 Å². The van der Waals surface area contributed by atoms with Gasteiger partial charge in [-0.05, 0) is 55.7 Å². The summed E-state index contributed by atoms with van der Waals surface area (Å²) in [5.41, 5.74) is 0.668. The minimum atomic E-state index is -0.837. The molecule has 0 saturated carbocycles. The van der Waals surface area contributed by atoms with Gasteiger partial charge in [0.1, 0.15) is 23.4 Å². The number of carbonyl (C=O) groups excluding carboxylic acids is 1. The Bertz CT molecular complexity index is 1040. The predicted molar refractivity (Wildman–Crippen MR) is 105 cm³/mol. The summed E-state index contributed by atoms with van der Waals surface area (Å²) in [6.07, 6.45) is 2.33. The van der Waals surface area contributed by atoms with Crippen molar-refractivity contribution in [1.29, 1.82) is 0 Å². The maximum atomic E-state index is 13.9. The Kier molecular flexibility index (Phi) is 5.60. The molecule has 4 rings (SSSR count). The molecule has 2 heterocycles. The maximum absolute atomic E-state index is 13.9. The molecule has 2 aromatic carbocycles. The average Bonchev–Trinajstić information content (AvgIpc) is 3.26. The number of methoxy groups -OCH3 is 1. The number of hydrogen-bond acceptors (Lipinski definition) is 5. The van der Waals surface area contributed by atoms with Crippen LogP contribution in [0.1, 0.15) is 31.2 Å². The van der Waals surface area contributed by atoms with Crippen LogP contribution in [0.5, 0.6) is 5.75 Å². The van der Waals surface area contributed by atoms with E-state index in [2.05, 4.69) is 15.5 Å². The minimum absolute atomic E-state index is 0.0878. The number of hydrogen-bond donors (Lipinski definition) is 1. The number of nitrogens with one attached hydrogen (secondary N) is 1. The molecule has 156 valence electrons. The van der Waals surface area contributed by atoms with E-state index in [-0.39, 0.29) is 5.69 Å². The zero-order valence-electron chi connectivity index (χ0n) is 16.3. The van der Waals surface area contributed by atoms with Gasteiger partial charge in [-0.2, -0.15) is 4.98 Å². The summed E-state index contributed by atoms with van der Waals surface area (Å²) in [6, 6.07) is 9.29. The molecule has 0 spiro atoms. The number of amides is 2. The van der Waals surface area contributed by atoms with Crippen LogP contribution in [0.25, 0.3) is 11.4 Å². The van der Waals surface area contributed by atoms with Crippen molar-refractivity contribution in [3.8, 4) is 17.1 Å². The van der Waals surface area contributed by atoms with Gasteiger partial charge in [0.05, 0.1) is 12.8 Å². The molecule has 3 aromatic rings. The highest BCUT2D eigenvalue weighted by Gasteiger charge is 2.32. The van der Waals surface area contributed by atoms with Crippen LogP contribution in [0.3, 0.4) is 0 Å². The van der Waals surface area contributed by atoms with Crippen molar-refractivity contribution < 1.29 is 22.8 Å². The van der Waals surface area contributed by atoms with Crippen molar-refractivity contribution in [2.75, 3.05) is 19.0 Å². The highest BCUT2D eigenvalue weighted by atomic mass is 19.1. The van der Waals surface area contributed by atoms with Crippen LogP contribution >= 0.6 is 0 Å². The van der Waals surface area contributed by atoms with E-state index in [1.165, 1.54) is 11.0 Å². The number of anilines is 1. The van der Waals surface area contributed by atoms with Gasteiger partial charge < -0.3 is 19.5 Å². The number of benzene rings is 2. The van der Waals surface area contributed by atoms with Crippen LogP contribution in [-0.2, 0) is 0 Å². The molecular formula is C21H20F2N4O3. The lowest BCUT2D eigenvalue weighted by Crippen LogP contribution is -2.41. The largest absolute Gasteiger partial charge is 0.497 e. The normalized spacial score (nSPS) is 16.4. The molecule has 1 saturated heterocycles. The molecule has 9 heteroatoms. The average molecular weight is 414 g/mol. The fraction of sp³-hybridized carbons (Fsp3) is 0.286. The monoisotopic (exact) mass is 414 g/mol. The van der Waals surface area contributed by atoms with E-state index in [9.17, 15) is 13.6 Å². The number of rotatable bonds is 4. The number of carbonyl (C=O) groups is 1. The second-order valence-electron chi connectivity index (χ2n) is 6.94. The molecule has 0 bridgehead atoms. The SMILES string of the molecule is COc1ccc(-c2noc(C3CCCCN3C(=O)Nc3ccc(F)cc3F)n2)cc1. The molecule has 1 unspecified atom stereocenters. The molecule has 30 heavy (non-hydrogen) atoms. The summed E-state index contributed by atoms with van der Waals surface area (Å²) in [5.74, 6) is -0.112. The molecule has 1 aliphatic rings. The first-order chi connectivity index (χ1) is 14.5. The number of aromatic nitrogens is 2. The third-order valence-corrected chi connectivity index (χ3v) is 5.01. The summed E-state index contributed by atoms with van der Waals surface area (Å²) in [6.45, 7) is 0.458. The fourth-order valence-corrected chi connectivity index (χ4v) is 3.44. The first-order valence-corrected chi connectivity index (χ1v) is 9.56. The van der Waals surface area contributed by atoms with E-state index in [4.69, 9.17) is 9.26 Å². The van der Waals surface area contributed by atoms with E-state index in [0.29, 0.717) is 30.4 Å². The molecule has 1 aliphatic heterocycles.